The largest absolute Gasteiger partial charge is 0.478 e. The van der Waals surface area contributed by atoms with Gasteiger partial charge in [-0.15, -0.1) is 0 Å². The fourth-order valence-electron chi connectivity index (χ4n) is 2.30. The first-order valence-corrected chi connectivity index (χ1v) is 6.53. The number of hydrogen-bond acceptors (Lipinski definition) is 3. The van der Waals surface area contributed by atoms with Crippen molar-refractivity contribution >= 4 is 17.6 Å². The highest BCUT2D eigenvalue weighted by Crippen LogP contribution is 2.22. The van der Waals surface area contributed by atoms with Crippen LogP contribution in [0.3, 0.4) is 0 Å². The second kappa shape index (κ2) is 5.44. The zero-order valence-electron chi connectivity index (χ0n) is 12.4. The maximum absolute atomic E-state index is 12.3. The Hall–Kier alpha value is -2.56. The first kappa shape index (κ1) is 14.8. The molecule has 0 unspecified atom stereocenters. The van der Waals surface area contributed by atoms with Crippen LogP contribution in [0.5, 0.6) is 0 Å². The summed E-state index contributed by atoms with van der Waals surface area (Å²) in [5.74, 6) is 0.0447. The normalized spacial score (nSPS) is 10.5. The van der Waals surface area contributed by atoms with Gasteiger partial charge in [-0.05, 0) is 51.5 Å². The maximum atomic E-state index is 12.3. The van der Waals surface area contributed by atoms with E-state index in [0.29, 0.717) is 22.6 Å². The van der Waals surface area contributed by atoms with Crippen LogP contribution in [0.15, 0.2) is 22.6 Å². The molecule has 1 aromatic carbocycles. The Morgan fingerprint density at radius 1 is 1.10 bits per heavy atom. The van der Waals surface area contributed by atoms with E-state index in [2.05, 4.69) is 5.32 Å². The van der Waals surface area contributed by atoms with Crippen molar-refractivity contribution in [2.24, 2.45) is 0 Å². The van der Waals surface area contributed by atoms with Gasteiger partial charge in [0.25, 0.3) is 5.91 Å². The zero-order valence-corrected chi connectivity index (χ0v) is 12.4. The molecule has 2 rings (SSSR count). The van der Waals surface area contributed by atoms with Crippen molar-refractivity contribution < 1.29 is 19.1 Å². The minimum Gasteiger partial charge on any atom is -0.478 e. The average molecular weight is 287 g/mol. The molecule has 2 N–H and O–H groups in total. The fourth-order valence-corrected chi connectivity index (χ4v) is 2.30. The molecular formula is C16H17NO4. The van der Waals surface area contributed by atoms with Crippen LogP contribution in [0.2, 0.25) is 0 Å². The molecule has 110 valence electrons. The zero-order chi connectivity index (χ0) is 15.7. The molecule has 1 heterocycles. The molecule has 0 bridgehead atoms. The number of furan rings is 1. The summed E-state index contributed by atoms with van der Waals surface area (Å²) in [6.07, 6.45) is 0. The van der Waals surface area contributed by atoms with Gasteiger partial charge in [-0.3, -0.25) is 4.79 Å². The van der Waals surface area contributed by atoms with Gasteiger partial charge in [-0.25, -0.2) is 4.79 Å². The SMILES string of the molecule is Cc1cc(NC(=O)c2c(C)oc(C)c2C)ccc1C(=O)O. The van der Waals surface area contributed by atoms with Gasteiger partial charge in [0.15, 0.2) is 0 Å². The molecule has 5 nitrogen and oxygen atoms in total. The third kappa shape index (κ3) is 2.81. The lowest BCUT2D eigenvalue weighted by atomic mass is 10.1. The summed E-state index contributed by atoms with van der Waals surface area (Å²) in [5, 5.41) is 11.8. The number of carboxylic acids is 1. The Labute approximate surface area is 122 Å². The smallest absolute Gasteiger partial charge is 0.335 e. The number of carboxylic acid groups (broad SMARTS) is 1. The fraction of sp³-hybridized carbons (Fsp3) is 0.250. The molecular weight excluding hydrogens is 270 g/mol. The second-order valence-corrected chi connectivity index (χ2v) is 5.00. The molecule has 21 heavy (non-hydrogen) atoms. The molecule has 0 aliphatic heterocycles. The summed E-state index contributed by atoms with van der Waals surface area (Å²) >= 11 is 0. The Morgan fingerprint density at radius 3 is 2.24 bits per heavy atom. The summed E-state index contributed by atoms with van der Waals surface area (Å²) in [5.41, 5.74) is 2.70. The predicted octanol–water partition coefficient (Wildman–Crippen LogP) is 3.46. The summed E-state index contributed by atoms with van der Waals surface area (Å²) in [6.45, 7) is 7.08. The molecule has 0 saturated heterocycles. The maximum Gasteiger partial charge on any atom is 0.335 e. The van der Waals surface area contributed by atoms with E-state index in [1.165, 1.54) is 6.07 Å². The van der Waals surface area contributed by atoms with E-state index in [1.54, 1.807) is 26.0 Å². The van der Waals surface area contributed by atoms with Crippen molar-refractivity contribution in [1.82, 2.24) is 0 Å². The second-order valence-electron chi connectivity index (χ2n) is 5.00. The first-order valence-electron chi connectivity index (χ1n) is 6.53. The van der Waals surface area contributed by atoms with Gasteiger partial charge in [-0.2, -0.15) is 0 Å². The van der Waals surface area contributed by atoms with Gasteiger partial charge < -0.3 is 14.8 Å². The molecule has 0 saturated carbocycles. The monoisotopic (exact) mass is 287 g/mol. The van der Waals surface area contributed by atoms with Crippen LogP contribution in [-0.4, -0.2) is 17.0 Å². The molecule has 5 heteroatoms. The number of amides is 1. The van der Waals surface area contributed by atoms with Gasteiger partial charge in [0, 0.05) is 11.3 Å². The van der Waals surface area contributed by atoms with Gasteiger partial charge in [-0.1, -0.05) is 0 Å². The van der Waals surface area contributed by atoms with E-state index < -0.39 is 5.97 Å². The van der Waals surface area contributed by atoms with E-state index >= 15 is 0 Å². The van der Waals surface area contributed by atoms with Crippen molar-refractivity contribution in [2.75, 3.05) is 5.32 Å². The molecule has 1 aromatic heterocycles. The van der Waals surface area contributed by atoms with Gasteiger partial charge in [0.1, 0.15) is 11.5 Å². The highest BCUT2D eigenvalue weighted by Gasteiger charge is 2.19. The van der Waals surface area contributed by atoms with E-state index in [0.717, 1.165) is 11.3 Å². The molecule has 2 aromatic rings. The molecule has 0 radical (unpaired) electrons. The lowest BCUT2D eigenvalue weighted by Crippen LogP contribution is -2.14. The predicted molar refractivity (Wildman–Crippen MR) is 79.0 cm³/mol. The minimum absolute atomic E-state index is 0.222. The standard InChI is InChI=1S/C16H17NO4/c1-8-7-12(5-6-13(8)16(19)20)17-15(18)14-9(2)10(3)21-11(14)4/h5-7H,1-4H3,(H,17,18)(H,19,20). The van der Waals surface area contributed by atoms with Crippen molar-refractivity contribution in [1.29, 1.82) is 0 Å². The Balaban J connectivity index is 2.28. The number of anilines is 1. The molecule has 0 fully saturated rings. The number of hydrogen-bond donors (Lipinski definition) is 2. The highest BCUT2D eigenvalue weighted by atomic mass is 16.4. The van der Waals surface area contributed by atoms with Crippen LogP contribution < -0.4 is 5.32 Å². The van der Waals surface area contributed by atoms with Crippen molar-refractivity contribution in [3.8, 4) is 0 Å². The third-order valence-corrected chi connectivity index (χ3v) is 3.50. The number of benzene rings is 1. The molecule has 1 amide bonds. The van der Waals surface area contributed by atoms with E-state index in [-0.39, 0.29) is 11.5 Å². The van der Waals surface area contributed by atoms with Crippen LogP contribution in [0.4, 0.5) is 5.69 Å². The molecule has 0 atom stereocenters. The lowest BCUT2D eigenvalue weighted by Gasteiger charge is -2.08. The van der Waals surface area contributed by atoms with Crippen molar-refractivity contribution in [3.63, 3.8) is 0 Å². The summed E-state index contributed by atoms with van der Waals surface area (Å²) in [6, 6.07) is 4.69. The first-order chi connectivity index (χ1) is 9.81. The number of carbonyl (C=O) groups is 2. The number of rotatable bonds is 3. The Kier molecular flexibility index (Phi) is 3.84. The number of nitrogens with one attached hydrogen (secondary N) is 1. The molecule has 0 aliphatic rings. The van der Waals surface area contributed by atoms with Gasteiger partial charge >= 0.3 is 5.97 Å². The van der Waals surface area contributed by atoms with E-state index in [1.807, 2.05) is 13.8 Å². The third-order valence-electron chi connectivity index (χ3n) is 3.50. The van der Waals surface area contributed by atoms with Crippen LogP contribution in [0.25, 0.3) is 0 Å². The van der Waals surface area contributed by atoms with E-state index in [4.69, 9.17) is 9.52 Å². The Bertz CT molecular complexity index is 728. The lowest BCUT2D eigenvalue weighted by molar-refractivity contribution is 0.0696. The summed E-state index contributed by atoms with van der Waals surface area (Å²) in [7, 11) is 0. The minimum atomic E-state index is -0.984. The van der Waals surface area contributed by atoms with Crippen molar-refractivity contribution in [3.05, 3.63) is 52.0 Å². The average Bonchev–Trinajstić information content (AvgIpc) is 2.62. The quantitative estimate of drug-likeness (QED) is 0.906. The topological polar surface area (TPSA) is 79.5 Å². The van der Waals surface area contributed by atoms with E-state index in [9.17, 15) is 9.59 Å². The number of aromatic carboxylic acids is 1. The van der Waals surface area contributed by atoms with Crippen LogP contribution >= 0.6 is 0 Å². The number of carbonyl (C=O) groups excluding carboxylic acids is 1. The van der Waals surface area contributed by atoms with Crippen molar-refractivity contribution in [2.45, 2.75) is 27.7 Å². The van der Waals surface area contributed by atoms with Gasteiger partial charge in [0.05, 0.1) is 11.1 Å². The van der Waals surface area contributed by atoms with Crippen LogP contribution in [0, 0.1) is 27.7 Å². The number of aryl methyl sites for hydroxylation is 3. The van der Waals surface area contributed by atoms with Gasteiger partial charge in [0.2, 0.25) is 0 Å². The molecule has 0 aliphatic carbocycles. The van der Waals surface area contributed by atoms with Crippen LogP contribution in [-0.2, 0) is 0 Å². The Morgan fingerprint density at radius 2 is 1.76 bits per heavy atom. The summed E-state index contributed by atoms with van der Waals surface area (Å²) in [4.78, 5) is 23.3. The molecule has 0 spiro atoms. The highest BCUT2D eigenvalue weighted by molar-refractivity contribution is 6.06. The van der Waals surface area contributed by atoms with Crippen LogP contribution in [0.1, 0.15) is 43.4 Å². The summed E-state index contributed by atoms with van der Waals surface area (Å²) < 4.78 is 5.44.